The van der Waals surface area contributed by atoms with Gasteiger partial charge in [0, 0.05) is 19.5 Å². The molecule has 0 aliphatic rings. The van der Waals surface area contributed by atoms with E-state index in [0.29, 0.717) is 13.0 Å². The SMILES string of the molecule is N#CCCCOc1cccc(CNCc2ccccc2)c1. The zero-order valence-electron chi connectivity index (χ0n) is 12.1. The Labute approximate surface area is 126 Å². The first-order chi connectivity index (χ1) is 10.4. The number of benzene rings is 2. The van der Waals surface area contributed by atoms with Gasteiger partial charge < -0.3 is 10.1 Å². The van der Waals surface area contributed by atoms with E-state index in [4.69, 9.17) is 10.00 Å². The van der Waals surface area contributed by atoms with Crippen LogP contribution < -0.4 is 10.1 Å². The van der Waals surface area contributed by atoms with Crippen LogP contribution in [0.5, 0.6) is 5.75 Å². The van der Waals surface area contributed by atoms with Gasteiger partial charge in [-0.1, -0.05) is 42.5 Å². The third kappa shape index (κ3) is 5.68. The summed E-state index contributed by atoms with van der Waals surface area (Å²) < 4.78 is 5.63. The van der Waals surface area contributed by atoms with E-state index in [1.165, 1.54) is 11.1 Å². The van der Waals surface area contributed by atoms with Crippen LogP contribution in [0.3, 0.4) is 0 Å². The van der Waals surface area contributed by atoms with Crippen molar-refractivity contribution in [1.29, 1.82) is 5.26 Å². The maximum atomic E-state index is 8.48. The van der Waals surface area contributed by atoms with Crippen molar-refractivity contribution in [2.45, 2.75) is 25.9 Å². The molecule has 0 atom stereocenters. The molecule has 0 unspecified atom stereocenters. The monoisotopic (exact) mass is 280 g/mol. The van der Waals surface area contributed by atoms with Gasteiger partial charge in [-0.15, -0.1) is 0 Å². The molecular formula is C18H20N2O. The van der Waals surface area contributed by atoms with Gasteiger partial charge in [0.25, 0.3) is 0 Å². The predicted octanol–water partition coefficient (Wildman–Crippen LogP) is 3.66. The molecule has 0 saturated carbocycles. The highest BCUT2D eigenvalue weighted by atomic mass is 16.5. The van der Waals surface area contributed by atoms with E-state index >= 15 is 0 Å². The zero-order chi connectivity index (χ0) is 14.8. The summed E-state index contributed by atoms with van der Waals surface area (Å²) in [6.07, 6.45) is 1.31. The Bertz CT molecular complexity index is 575. The van der Waals surface area contributed by atoms with Crippen molar-refractivity contribution in [3.63, 3.8) is 0 Å². The van der Waals surface area contributed by atoms with Crippen LogP contribution in [0.1, 0.15) is 24.0 Å². The molecule has 1 N–H and O–H groups in total. The molecule has 2 aromatic rings. The average Bonchev–Trinajstić information content (AvgIpc) is 2.53. The van der Waals surface area contributed by atoms with Gasteiger partial charge in [-0.05, 0) is 29.7 Å². The second-order valence-electron chi connectivity index (χ2n) is 4.85. The lowest BCUT2D eigenvalue weighted by Gasteiger charge is -2.08. The summed E-state index contributed by atoms with van der Waals surface area (Å²) in [4.78, 5) is 0. The van der Waals surface area contributed by atoms with E-state index in [1.807, 2.05) is 36.4 Å². The molecule has 2 aromatic carbocycles. The van der Waals surface area contributed by atoms with Crippen LogP contribution in [0.2, 0.25) is 0 Å². The Morgan fingerprint density at radius 2 is 1.71 bits per heavy atom. The molecule has 3 heteroatoms. The van der Waals surface area contributed by atoms with Gasteiger partial charge in [-0.3, -0.25) is 0 Å². The Hall–Kier alpha value is -2.31. The van der Waals surface area contributed by atoms with Crippen molar-refractivity contribution < 1.29 is 4.74 Å². The van der Waals surface area contributed by atoms with Gasteiger partial charge in [0.2, 0.25) is 0 Å². The van der Waals surface area contributed by atoms with E-state index < -0.39 is 0 Å². The number of ether oxygens (including phenoxy) is 1. The normalized spacial score (nSPS) is 10.0. The average molecular weight is 280 g/mol. The van der Waals surface area contributed by atoms with Crippen LogP contribution in [0.15, 0.2) is 54.6 Å². The van der Waals surface area contributed by atoms with Crippen molar-refractivity contribution in [1.82, 2.24) is 5.32 Å². The third-order valence-electron chi connectivity index (χ3n) is 3.10. The minimum absolute atomic E-state index is 0.540. The fourth-order valence-electron chi connectivity index (χ4n) is 2.03. The van der Waals surface area contributed by atoms with E-state index in [0.717, 1.165) is 25.3 Å². The minimum Gasteiger partial charge on any atom is -0.494 e. The molecule has 0 bridgehead atoms. The predicted molar refractivity (Wildman–Crippen MR) is 83.8 cm³/mol. The number of nitriles is 1. The largest absolute Gasteiger partial charge is 0.494 e. The summed E-state index contributed by atoms with van der Waals surface area (Å²) in [6, 6.07) is 20.5. The van der Waals surface area contributed by atoms with Crippen LogP contribution in [-0.4, -0.2) is 6.61 Å². The lowest BCUT2D eigenvalue weighted by Crippen LogP contribution is -2.12. The van der Waals surface area contributed by atoms with Crippen molar-refractivity contribution in [2.24, 2.45) is 0 Å². The van der Waals surface area contributed by atoms with Crippen LogP contribution in [-0.2, 0) is 13.1 Å². The molecule has 21 heavy (non-hydrogen) atoms. The number of hydrogen-bond acceptors (Lipinski definition) is 3. The fourth-order valence-corrected chi connectivity index (χ4v) is 2.03. The van der Waals surface area contributed by atoms with E-state index in [-0.39, 0.29) is 0 Å². The topological polar surface area (TPSA) is 45.0 Å². The van der Waals surface area contributed by atoms with Gasteiger partial charge >= 0.3 is 0 Å². The summed E-state index contributed by atoms with van der Waals surface area (Å²) in [5, 5.41) is 11.9. The molecule has 0 heterocycles. The maximum Gasteiger partial charge on any atom is 0.119 e. The molecule has 0 aromatic heterocycles. The molecule has 0 radical (unpaired) electrons. The molecule has 2 rings (SSSR count). The number of rotatable bonds is 8. The number of nitrogens with one attached hydrogen (secondary N) is 1. The highest BCUT2D eigenvalue weighted by Crippen LogP contribution is 2.14. The molecule has 0 amide bonds. The summed E-state index contributed by atoms with van der Waals surface area (Å²) in [7, 11) is 0. The quantitative estimate of drug-likeness (QED) is 0.751. The number of hydrogen-bond donors (Lipinski definition) is 1. The van der Waals surface area contributed by atoms with Crippen LogP contribution in [0.25, 0.3) is 0 Å². The molecule has 0 spiro atoms. The standard InChI is InChI=1S/C18H20N2O/c19-11-4-5-12-21-18-10-6-9-17(13-18)15-20-14-16-7-2-1-3-8-16/h1-3,6-10,13,20H,4-5,12,14-15H2. The first kappa shape index (κ1) is 15.1. The molecular weight excluding hydrogens is 260 g/mol. The summed E-state index contributed by atoms with van der Waals surface area (Å²) in [5.41, 5.74) is 2.48. The summed E-state index contributed by atoms with van der Waals surface area (Å²) >= 11 is 0. The Morgan fingerprint density at radius 1 is 0.952 bits per heavy atom. The van der Waals surface area contributed by atoms with Gasteiger partial charge in [0.1, 0.15) is 5.75 Å². The number of unbranched alkanes of at least 4 members (excludes halogenated alkanes) is 1. The van der Waals surface area contributed by atoms with Crippen LogP contribution in [0.4, 0.5) is 0 Å². The molecule has 3 nitrogen and oxygen atoms in total. The molecule has 0 fully saturated rings. The lowest BCUT2D eigenvalue weighted by atomic mass is 10.2. The first-order valence-corrected chi connectivity index (χ1v) is 7.22. The Kier molecular flexibility index (Phi) is 6.31. The van der Waals surface area contributed by atoms with Gasteiger partial charge in [0.05, 0.1) is 12.7 Å². The van der Waals surface area contributed by atoms with E-state index in [1.54, 1.807) is 0 Å². The molecule has 0 aliphatic heterocycles. The van der Waals surface area contributed by atoms with Gasteiger partial charge in [-0.25, -0.2) is 0 Å². The first-order valence-electron chi connectivity index (χ1n) is 7.22. The van der Waals surface area contributed by atoms with E-state index in [9.17, 15) is 0 Å². The smallest absolute Gasteiger partial charge is 0.119 e. The van der Waals surface area contributed by atoms with Crippen molar-refractivity contribution in [3.8, 4) is 11.8 Å². The Balaban J connectivity index is 1.77. The lowest BCUT2D eigenvalue weighted by molar-refractivity contribution is 0.312. The highest BCUT2D eigenvalue weighted by Gasteiger charge is 1.98. The molecule has 108 valence electrons. The summed E-state index contributed by atoms with van der Waals surface area (Å²) in [6.45, 7) is 2.26. The fraction of sp³-hybridized carbons (Fsp3) is 0.278. The Morgan fingerprint density at radius 3 is 2.52 bits per heavy atom. The second-order valence-corrected chi connectivity index (χ2v) is 4.85. The van der Waals surface area contributed by atoms with Crippen LogP contribution in [0, 0.1) is 11.3 Å². The maximum absolute atomic E-state index is 8.48. The second kappa shape index (κ2) is 8.78. The van der Waals surface area contributed by atoms with E-state index in [2.05, 4.69) is 29.6 Å². The number of nitrogens with zero attached hydrogens (tertiary/aromatic N) is 1. The van der Waals surface area contributed by atoms with Crippen LogP contribution >= 0.6 is 0 Å². The van der Waals surface area contributed by atoms with Crippen molar-refractivity contribution >= 4 is 0 Å². The highest BCUT2D eigenvalue weighted by molar-refractivity contribution is 5.28. The van der Waals surface area contributed by atoms with Gasteiger partial charge in [0.15, 0.2) is 0 Å². The molecule has 0 saturated heterocycles. The minimum atomic E-state index is 0.540. The van der Waals surface area contributed by atoms with Gasteiger partial charge in [-0.2, -0.15) is 5.26 Å². The third-order valence-corrected chi connectivity index (χ3v) is 3.10. The molecule has 0 aliphatic carbocycles. The van der Waals surface area contributed by atoms with Crippen molar-refractivity contribution in [2.75, 3.05) is 6.61 Å². The zero-order valence-corrected chi connectivity index (χ0v) is 12.1. The van der Waals surface area contributed by atoms with Crippen molar-refractivity contribution in [3.05, 3.63) is 65.7 Å². The summed E-state index contributed by atoms with van der Waals surface area (Å²) in [5.74, 6) is 0.868.